The van der Waals surface area contributed by atoms with Crippen molar-refractivity contribution in [2.45, 2.75) is 4.90 Å². The Bertz CT molecular complexity index is 1090. The van der Waals surface area contributed by atoms with E-state index < -0.39 is 14.9 Å². The largest absolute Gasteiger partial charge is 0.277 e. The molecule has 0 aliphatic rings. The molecule has 3 aromatic rings. The van der Waals surface area contributed by atoms with Gasteiger partial charge in [0.1, 0.15) is 0 Å². The average Bonchev–Trinajstić information content (AvgIpc) is 3.11. The van der Waals surface area contributed by atoms with Crippen molar-refractivity contribution in [3.63, 3.8) is 0 Å². The first-order chi connectivity index (χ1) is 12.9. The minimum Gasteiger partial charge on any atom is -0.277 e. The Kier molecular flexibility index (Phi) is 5.19. The van der Waals surface area contributed by atoms with Crippen molar-refractivity contribution in [2.24, 2.45) is 5.10 Å². The molecular weight excluding hydrogens is 394 g/mol. The normalized spacial score (nSPS) is 11.6. The zero-order valence-corrected chi connectivity index (χ0v) is 15.1. The maximum absolute atomic E-state index is 12.2. The van der Waals surface area contributed by atoms with Crippen LogP contribution in [0.25, 0.3) is 11.3 Å². The number of rotatable bonds is 6. The molecule has 0 saturated carbocycles. The lowest BCUT2D eigenvalue weighted by Gasteiger charge is -2.03. The number of halogens is 1. The van der Waals surface area contributed by atoms with Gasteiger partial charge in [0.05, 0.1) is 27.9 Å². The van der Waals surface area contributed by atoms with Crippen molar-refractivity contribution in [3.05, 3.63) is 75.4 Å². The van der Waals surface area contributed by atoms with Crippen molar-refractivity contribution in [2.75, 3.05) is 0 Å². The Labute approximate surface area is 158 Å². The lowest BCUT2D eigenvalue weighted by molar-refractivity contribution is -0.384. The number of nitro groups is 1. The van der Waals surface area contributed by atoms with E-state index in [-0.39, 0.29) is 10.6 Å². The molecule has 0 aliphatic carbocycles. The van der Waals surface area contributed by atoms with E-state index in [0.717, 1.165) is 29.8 Å². The first kappa shape index (κ1) is 18.5. The van der Waals surface area contributed by atoms with Crippen molar-refractivity contribution >= 4 is 33.5 Å². The highest BCUT2D eigenvalue weighted by Gasteiger charge is 2.15. The summed E-state index contributed by atoms with van der Waals surface area (Å²) in [5.41, 5.74) is 1.80. The third-order valence-corrected chi connectivity index (χ3v) is 5.03. The van der Waals surface area contributed by atoms with Crippen LogP contribution < -0.4 is 4.83 Å². The quantitative estimate of drug-likeness (QED) is 0.370. The zero-order chi connectivity index (χ0) is 19.4. The molecule has 138 valence electrons. The summed E-state index contributed by atoms with van der Waals surface area (Å²) in [4.78, 5) is 11.9. The number of non-ortho nitro benzene ring substituents is 1. The van der Waals surface area contributed by atoms with E-state index in [1.54, 1.807) is 24.3 Å². The summed E-state index contributed by atoms with van der Waals surface area (Å²) in [7, 11) is -3.96. The molecule has 11 heteroatoms. The monoisotopic (exact) mass is 405 g/mol. The van der Waals surface area contributed by atoms with Gasteiger partial charge < -0.3 is 0 Å². The van der Waals surface area contributed by atoms with Crippen LogP contribution in [-0.4, -0.2) is 29.8 Å². The number of aromatic nitrogens is 2. The minimum atomic E-state index is -3.96. The number of aromatic amines is 1. The number of hydrogen-bond donors (Lipinski definition) is 2. The van der Waals surface area contributed by atoms with Crippen molar-refractivity contribution in [1.82, 2.24) is 15.0 Å². The summed E-state index contributed by atoms with van der Waals surface area (Å²) in [6, 6.07) is 11.5. The van der Waals surface area contributed by atoms with Crippen molar-refractivity contribution < 1.29 is 13.3 Å². The van der Waals surface area contributed by atoms with Gasteiger partial charge in [-0.2, -0.15) is 18.6 Å². The summed E-state index contributed by atoms with van der Waals surface area (Å²) in [5.74, 6) is 0. The van der Waals surface area contributed by atoms with Gasteiger partial charge in [-0.25, -0.2) is 4.83 Å². The summed E-state index contributed by atoms with van der Waals surface area (Å²) >= 11 is 5.87. The van der Waals surface area contributed by atoms with Gasteiger partial charge in [0, 0.05) is 28.3 Å². The summed E-state index contributed by atoms with van der Waals surface area (Å²) in [6.07, 6.45) is 2.80. The van der Waals surface area contributed by atoms with Crippen LogP contribution >= 0.6 is 11.6 Å². The summed E-state index contributed by atoms with van der Waals surface area (Å²) in [5, 5.41) is 21.7. The highest BCUT2D eigenvalue weighted by atomic mass is 35.5. The maximum Gasteiger partial charge on any atom is 0.276 e. The Balaban J connectivity index is 1.76. The third-order valence-electron chi connectivity index (χ3n) is 3.54. The predicted octanol–water partition coefficient (Wildman–Crippen LogP) is 2.95. The van der Waals surface area contributed by atoms with Gasteiger partial charge in [-0.1, -0.05) is 23.7 Å². The van der Waals surface area contributed by atoms with Crippen molar-refractivity contribution in [3.8, 4) is 11.3 Å². The van der Waals surface area contributed by atoms with Crippen LogP contribution in [-0.2, 0) is 10.0 Å². The lowest BCUT2D eigenvalue weighted by atomic mass is 10.1. The minimum absolute atomic E-state index is 0.143. The van der Waals surface area contributed by atoms with E-state index in [1.165, 1.54) is 12.4 Å². The molecule has 3 rings (SSSR count). The Morgan fingerprint density at radius 3 is 2.44 bits per heavy atom. The number of hydrogen-bond acceptors (Lipinski definition) is 6. The van der Waals surface area contributed by atoms with E-state index in [2.05, 4.69) is 20.1 Å². The molecule has 2 N–H and O–H groups in total. The fourth-order valence-electron chi connectivity index (χ4n) is 2.21. The maximum atomic E-state index is 12.2. The van der Waals surface area contributed by atoms with E-state index in [0.29, 0.717) is 16.3 Å². The molecule has 1 heterocycles. The molecule has 0 spiro atoms. The fraction of sp³-hybridized carbons (Fsp3) is 0. The number of nitrogens with zero attached hydrogens (tertiary/aromatic N) is 3. The van der Waals surface area contributed by atoms with Crippen LogP contribution in [0.2, 0.25) is 5.02 Å². The number of nitro benzene ring substituents is 1. The zero-order valence-electron chi connectivity index (χ0n) is 13.5. The van der Waals surface area contributed by atoms with E-state index in [9.17, 15) is 18.5 Å². The SMILES string of the molecule is O=[N+]([O-])c1ccc(S(=O)(=O)N/N=C/c2cn[nH]c2-c2ccc(Cl)cc2)cc1. The number of sulfonamides is 1. The number of hydrazone groups is 1. The topological polar surface area (TPSA) is 130 Å². The molecule has 0 fully saturated rings. The smallest absolute Gasteiger partial charge is 0.276 e. The molecule has 9 nitrogen and oxygen atoms in total. The Hall–Kier alpha value is -3.24. The standard InChI is InChI=1S/C16H12ClN5O4S/c17-13-3-1-11(2-4-13)16-12(9-18-20-16)10-19-21-27(25,26)15-7-5-14(6-8-15)22(23)24/h1-10,21H,(H,18,20)/b19-10+. The van der Waals surface area contributed by atoms with Gasteiger partial charge in [-0.05, 0) is 24.3 Å². The van der Waals surface area contributed by atoms with Crippen LogP contribution in [0.1, 0.15) is 5.56 Å². The number of H-pyrrole nitrogens is 1. The van der Waals surface area contributed by atoms with E-state index in [4.69, 9.17) is 11.6 Å². The molecule has 27 heavy (non-hydrogen) atoms. The summed E-state index contributed by atoms with van der Waals surface area (Å²) < 4.78 is 24.4. The molecule has 0 atom stereocenters. The summed E-state index contributed by atoms with van der Waals surface area (Å²) in [6.45, 7) is 0. The van der Waals surface area contributed by atoms with Crippen LogP contribution in [0.3, 0.4) is 0 Å². The molecule has 0 bridgehead atoms. The van der Waals surface area contributed by atoms with Gasteiger partial charge in [-0.15, -0.1) is 0 Å². The van der Waals surface area contributed by atoms with Crippen LogP contribution in [0.4, 0.5) is 5.69 Å². The van der Waals surface area contributed by atoms with Gasteiger partial charge >= 0.3 is 0 Å². The molecular formula is C16H12ClN5O4S. The second-order valence-electron chi connectivity index (χ2n) is 5.31. The second-order valence-corrected chi connectivity index (χ2v) is 7.41. The average molecular weight is 406 g/mol. The lowest BCUT2D eigenvalue weighted by Crippen LogP contribution is -2.18. The molecule has 0 saturated heterocycles. The molecule has 0 aliphatic heterocycles. The molecule has 1 aromatic heterocycles. The molecule has 0 radical (unpaired) electrons. The first-order valence-electron chi connectivity index (χ1n) is 7.45. The van der Waals surface area contributed by atoms with Gasteiger partial charge in [0.2, 0.25) is 0 Å². The highest BCUT2D eigenvalue weighted by Crippen LogP contribution is 2.22. The van der Waals surface area contributed by atoms with E-state index in [1.807, 2.05) is 0 Å². The third kappa shape index (κ3) is 4.30. The van der Waals surface area contributed by atoms with Crippen LogP contribution in [0.5, 0.6) is 0 Å². The molecule has 2 aromatic carbocycles. The highest BCUT2D eigenvalue weighted by molar-refractivity contribution is 7.89. The van der Waals surface area contributed by atoms with Crippen LogP contribution in [0.15, 0.2) is 64.7 Å². The predicted molar refractivity (Wildman–Crippen MR) is 100 cm³/mol. The van der Waals surface area contributed by atoms with Crippen LogP contribution in [0, 0.1) is 10.1 Å². The van der Waals surface area contributed by atoms with Gasteiger partial charge in [-0.3, -0.25) is 15.2 Å². The second kappa shape index (κ2) is 7.56. The van der Waals surface area contributed by atoms with E-state index >= 15 is 0 Å². The van der Waals surface area contributed by atoms with Crippen molar-refractivity contribution in [1.29, 1.82) is 0 Å². The Morgan fingerprint density at radius 2 is 1.81 bits per heavy atom. The van der Waals surface area contributed by atoms with Gasteiger partial charge in [0.25, 0.3) is 15.7 Å². The number of benzene rings is 2. The number of nitrogens with one attached hydrogen (secondary N) is 2. The first-order valence-corrected chi connectivity index (χ1v) is 9.31. The molecule has 0 amide bonds. The molecule has 0 unspecified atom stereocenters. The fourth-order valence-corrected chi connectivity index (χ4v) is 3.12. The Morgan fingerprint density at radius 1 is 1.15 bits per heavy atom. The van der Waals surface area contributed by atoms with Gasteiger partial charge in [0.15, 0.2) is 0 Å².